The van der Waals surface area contributed by atoms with Gasteiger partial charge in [-0.15, -0.1) is 0 Å². The first-order chi connectivity index (χ1) is 24.8. The van der Waals surface area contributed by atoms with Crippen molar-refractivity contribution in [1.82, 2.24) is 9.80 Å². The third-order valence-corrected chi connectivity index (χ3v) is 21.6. The largest absolute Gasteiger partial charge is 0.414 e. The number of allylic oxidation sites excluding steroid dienone is 1. The summed E-state index contributed by atoms with van der Waals surface area (Å²) >= 11 is 0. The predicted molar refractivity (Wildman–Crippen MR) is 220 cm³/mol. The van der Waals surface area contributed by atoms with E-state index in [0.29, 0.717) is 30.4 Å². The molecule has 1 heterocycles. The summed E-state index contributed by atoms with van der Waals surface area (Å²) in [6, 6.07) is 9.91. The van der Waals surface area contributed by atoms with E-state index in [1.54, 1.807) is 5.57 Å². The Morgan fingerprint density at radius 2 is 1.53 bits per heavy atom. The summed E-state index contributed by atoms with van der Waals surface area (Å²) in [5, 5.41) is 0.217. The molecule has 0 unspecified atom stereocenters. The molecule has 8 heteroatoms. The van der Waals surface area contributed by atoms with Gasteiger partial charge in [-0.2, -0.15) is 0 Å². The van der Waals surface area contributed by atoms with E-state index < -0.39 is 28.3 Å². The molecule has 1 saturated heterocycles. The van der Waals surface area contributed by atoms with Crippen LogP contribution in [-0.2, 0) is 25.0 Å². The Morgan fingerprint density at radius 3 is 2.19 bits per heavy atom. The Morgan fingerprint density at radius 1 is 0.849 bits per heavy atom. The molecule has 0 bridgehead atoms. The lowest BCUT2D eigenvalue weighted by atomic mass is 9.46. The molecule has 1 aromatic carbocycles. The maximum atomic E-state index is 15.4. The summed E-state index contributed by atoms with van der Waals surface area (Å²) in [5.74, 6) is 1.92. The average Bonchev–Trinajstić information content (AvgIpc) is 3.37. The van der Waals surface area contributed by atoms with Crippen LogP contribution in [0.15, 0.2) is 42.0 Å². The van der Waals surface area contributed by atoms with Crippen LogP contribution in [0.1, 0.15) is 124 Å². The molecule has 4 saturated carbocycles. The summed E-state index contributed by atoms with van der Waals surface area (Å²) in [5.41, 5.74) is 2.04. The number of benzene rings is 1. The number of nitrogens with zero attached hydrogens (tertiary/aromatic N) is 2. The number of amides is 2. The Labute approximate surface area is 324 Å². The van der Waals surface area contributed by atoms with E-state index in [9.17, 15) is 4.79 Å². The molecule has 1 aliphatic heterocycles. The monoisotopic (exact) mass is 761 g/mol. The molecule has 5 aliphatic carbocycles. The lowest BCUT2D eigenvalue weighted by Crippen LogP contribution is -2.74. The Hall–Kier alpha value is -1.75. The smallest absolute Gasteiger partial charge is 0.249 e. The minimum Gasteiger partial charge on any atom is -0.414 e. The third-order valence-electron chi connectivity index (χ3n) is 16.1. The van der Waals surface area contributed by atoms with Crippen molar-refractivity contribution in [1.29, 1.82) is 0 Å². The maximum Gasteiger partial charge on any atom is 0.249 e. The van der Waals surface area contributed by atoms with Crippen molar-refractivity contribution in [3.05, 3.63) is 47.5 Å². The summed E-state index contributed by atoms with van der Waals surface area (Å²) in [7, 11) is -4.04. The van der Waals surface area contributed by atoms with Crippen LogP contribution in [0.4, 0.5) is 0 Å². The van der Waals surface area contributed by atoms with Gasteiger partial charge in [-0.3, -0.25) is 9.59 Å². The highest BCUT2D eigenvalue weighted by Crippen LogP contribution is 2.69. The number of piperazine rings is 1. The van der Waals surface area contributed by atoms with Crippen molar-refractivity contribution in [3.63, 3.8) is 0 Å². The van der Waals surface area contributed by atoms with Crippen molar-refractivity contribution < 1.29 is 18.4 Å². The molecular weight excluding hydrogens is 689 g/mol. The van der Waals surface area contributed by atoms with Gasteiger partial charge in [-0.25, -0.2) is 0 Å². The first-order valence-electron chi connectivity index (χ1n) is 21.5. The van der Waals surface area contributed by atoms with E-state index in [2.05, 4.69) is 97.7 Å². The highest BCUT2D eigenvalue weighted by Gasteiger charge is 2.71. The van der Waals surface area contributed by atoms with Gasteiger partial charge in [0.15, 0.2) is 16.6 Å². The number of hydrogen-bond donors (Lipinski definition) is 0. The van der Waals surface area contributed by atoms with Crippen LogP contribution in [0, 0.1) is 28.6 Å². The van der Waals surface area contributed by atoms with Gasteiger partial charge in [0, 0.05) is 24.1 Å². The van der Waals surface area contributed by atoms with E-state index in [4.69, 9.17) is 8.85 Å². The van der Waals surface area contributed by atoms with Gasteiger partial charge in [0.1, 0.15) is 12.6 Å². The van der Waals surface area contributed by atoms with Gasteiger partial charge in [0.05, 0.1) is 5.60 Å². The Kier molecular flexibility index (Phi) is 10.4. The lowest BCUT2D eigenvalue weighted by Gasteiger charge is -2.63. The summed E-state index contributed by atoms with van der Waals surface area (Å²) < 4.78 is 14.7. The Balaban J connectivity index is 1.24. The SMILES string of the molecule is CC(C)(C)[Si](C)(C)O[C@H]1CC[C@@]2(C)C(=CC[C@@H]3[C@@H]2CC[C@@]2(C)[C@H]3CC[C@]2(O[Si](C)(C)C)[C@H]2C(=O)N(C3CCCCC3)CC(=O)N2Cc2ccccc2)C1. The fourth-order valence-electron chi connectivity index (χ4n) is 12.4. The van der Waals surface area contributed by atoms with Crippen LogP contribution in [0.25, 0.3) is 0 Å². The van der Waals surface area contributed by atoms with Gasteiger partial charge >= 0.3 is 0 Å². The van der Waals surface area contributed by atoms with Crippen LogP contribution in [0.2, 0.25) is 37.8 Å². The van der Waals surface area contributed by atoms with Crippen LogP contribution in [0.3, 0.4) is 0 Å². The van der Waals surface area contributed by atoms with Gasteiger partial charge in [-0.1, -0.05) is 95.9 Å². The molecule has 0 N–H and O–H groups in total. The zero-order valence-electron chi connectivity index (χ0n) is 35.1. The minimum atomic E-state index is -2.20. The minimum absolute atomic E-state index is 0.0951. The van der Waals surface area contributed by atoms with Gasteiger partial charge < -0.3 is 18.7 Å². The van der Waals surface area contributed by atoms with E-state index in [0.717, 1.165) is 76.2 Å². The fourth-order valence-corrected chi connectivity index (χ4v) is 15.4. The maximum absolute atomic E-state index is 15.4. The normalized spacial score (nSPS) is 37.2. The third kappa shape index (κ3) is 6.90. The van der Waals surface area contributed by atoms with Crippen LogP contribution >= 0.6 is 0 Å². The van der Waals surface area contributed by atoms with Gasteiger partial charge in [-0.05, 0) is 131 Å². The van der Waals surface area contributed by atoms with E-state index in [-0.39, 0.29) is 40.3 Å². The molecule has 8 atom stereocenters. The molecule has 2 amide bonds. The molecule has 53 heavy (non-hydrogen) atoms. The first-order valence-corrected chi connectivity index (χ1v) is 27.8. The van der Waals surface area contributed by atoms with E-state index in [1.807, 2.05) is 15.9 Å². The topological polar surface area (TPSA) is 59.1 Å². The molecule has 0 aromatic heterocycles. The summed E-state index contributed by atoms with van der Waals surface area (Å²) in [4.78, 5) is 34.1. The standard InChI is InChI=1S/C45H72N2O4Si2/c1-42(2,3)53(9,10)50-35-23-26-43(4)33(29-35)21-22-36-37(43)24-27-44(5)38(36)25-28-45(44,51-52(6,7)8)40-41(49)46(34-19-15-12-16-20-34)31-39(48)47(40)30-32-17-13-11-14-18-32/h11,13-14,17-18,21,34-38,40H,12,15-16,19-20,22-31H2,1-10H3/t35-,36+,37-,38-,40+,43-,44-,45-/m0/s1. The number of carbonyl (C=O) groups excluding carboxylic acids is 2. The number of rotatable bonds is 8. The quantitative estimate of drug-likeness (QED) is 0.196. The fraction of sp³-hybridized carbons (Fsp3) is 0.778. The Bertz CT molecular complexity index is 1560. The summed E-state index contributed by atoms with van der Waals surface area (Å²) in [6.07, 6.45) is 17.2. The second-order valence-electron chi connectivity index (χ2n) is 21.3. The van der Waals surface area contributed by atoms with Crippen molar-refractivity contribution in [3.8, 4) is 0 Å². The molecule has 6 aliphatic rings. The van der Waals surface area contributed by atoms with Crippen LogP contribution < -0.4 is 0 Å². The van der Waals surface area contributed by atoms with Crippen molar-refractivity contribution in [2.24, 2.45) is 28.6 Å². The van der Waals surface area contributed by atoms with E-state index in [1.165, 1.54) is 12.8 Å². The molecule has 6 nitrogen and oxygen atoms in total. The molecular formula is C45H72N2O4Si2. The number of fused-ring (bicyclic) bond motifs is 5. The first kappa shape index (κ1) is 39.5. The second-order valence-corrected chi connectivity index (χ2v) is 30.5. The van der Waals surface area contributed by atoms with Gasteiger partial charge in [0.25, 0.3) is 0 Å². The van der Waals surface area contributed by atoms with Gasteiger partial charge in [0.2, 0.25) is 11.8 Å². The van der Waals surface area contributed by atoms with E-state index >= 15 is 4.79 Å². The van der Waals surface area contributed by atoms with Crippen LogP contribution in [-0.4, -0.2) is 68.6 Å². The van der Waals surface area contributed by atoms with Crippen molar-refractivity contribution >= 4 is 28.4 Å². The molecule has 0 radical (unpaired) electrons. The number of hydrogen-bond acceptors (Lipinski definition) is 4. The van der Waals surface area contributed by atoms with Crippen molar-refractivity contribution in [2.45, 2.75) is 186 Å². The van der Waals surface area contributed by atoms with Crippen molar-refractivity contribution in [2.75, 3.05) is 6.54 Å². The molecule has 5 fully saturated rings. The summed E-state index contributed by atoms with van der Waals surface area (Å²) in [6.45, 7) is 24.5. The molecule has 1 aromatic rings. The highest BCUT2D eigenvalue weighted by atomic mass is 28.4. The zero-order valence-corrected chi connectivity index (χ0v) is 37.1. The molecule has 0 spiro atoms. The predicted octanol–water partition coefficient (Wildman–Crippen LogP) is 10.5. The number of carbonyl (C=O) groups is 2. The van der Waals surface area contributed by atoms with Crippen LogP contribution in [0.5, 0.6) is 0 Å². The second kappa shape index (κ2) is 14.0. The highest BCUT2D eigenvalue weighted by molar-refractivity contribution is 6.74. The zero-order chi connectivity index (χ0) is 38.2. The molecule has 7 rings (SSSR count). The lowest BCUT2D eigenvalue weighted by molar-refractivity contribution is -0.188. The average molecular weight is 761 g/mol. The molecule has 294 valence electrons.